The van der Waals surface area contributed by atoms with Gasteiger partial charge in [-0.05, 0) is 48.6 Å². The summed E-state index contributed by atoms with van der Waals surface area (Å²) in [7, 11) is 0. The van der Waals surface area contributed by atoms with E-state index in [1.807, 2.05) is 0 Å². The number of carbonyl (C=O) groups excluding carboxylic acids is 2. The highest BCUT2D eigenvalue weighted by Crippen LogP contribution is 2.34. The van der Waals surface area contributed by atoms with Crippen LogP contribution in [0.25, 0.3) is 6.08 Å². The fourth-order valence-electron chi connectivity index (χ4n) is 2.36. The Morgan fingerprint density at radius 1 is 1.19 bits per heavy atom. The van der Waals surface area contributed by atoms with E-state index in [4.69, 9.17) is 24.4 Å². The molecule has 2 aromatic carbocycles. The molecule has 13 heteroatoms. The van der Waals surface area contributed by atoms with Crippen molar-refractivity contribution >= 4 is 74.8 Å². The van der Waals surface area contributed by atoms with E-state index in [-0.39, 0.29) is 37.0 Å². The number of phenols is 2. The van der Waals surface area contributed by atoms with Gasteiger partial charge < -0.3 is 15.5 Å². The second kappa shape index (κ2) is 9.07. The third-order valence-corrected chi connectivity index (χ3v) is 5.43. The molecule has 1 fully saturated rings. The summed E-state index contributed by atoms with van der Waals surface area (Å²) < 4.78 is 0.0426. The van der Waals surface area contributed by atoms with Gasteiger partial charge in [-0.2, -0.15) is 5.01 Å². The molecule has 0 bridgehead atoms. The number of hydrogen-bond acceptors (Lipinski definition) is 9. The molecule has 0 unspecified atom stereocenters. The van der Waals surface area contributed by atoms with Crippen molar-refractivity contribution in [3.05, 3.63) is 63.0 Å². The lowest BCUT2D eigenvalue weighted by Gasteiger charge is -2.17. The number of nitrogens with one attached hydrogen (secondary N) is 2. The fourth-order valence-corrected chi connectivity index (χ4v) is 3.67. The highest BCUT2D eigenvalue weighted by Gasteiger charge is 2.34. The summed E-state index contributed by atoms with van der Waals surface area (Å²) in [4.78, 5) is 34.9. The largest absolute Gasteiger partial charge is 0.508 e. The predicted molar refractivity (Wildman–Crippen MR) is 122 cm³/mol. The van der Waals surface area contributed by atoms with Gasteiger partial charge in [-0.3, -0.25) is 25.1 Å². The Morgan fingerprint density at radius 2 is 1.87 bits per heavy atom. The Hall–Kier alpha value is -3.55. The van der Waals surface area contributed by atoms with Crippen LogP contribution in [0.3, 0.4) is 0 Å². The number of carbonyl (C=O) groups is 2. The van der Waals surface area contributed by atoms with E-state index in [0.29, 0.717) is 5.69 Å². The molecule has 0 saturated carbocycles. The van der Waals surface area contributed by atoms with Crippen LogP contribution in [0.1, 0.15) is 5.56 Å². The van der Waals surface area contributed by atoms with Gasteiger partial charge in [0.05, 0.1) is 9.83 Å². The van der Waals surface area contributed by atoms with Crippen molar-refractivity contribution in [3.63, 3.8) is 0 Å². The zero-order valence-corrected chi connectivity index (χ0v) is 17.7. The molecular weight excluding hydrogens is 464 g/mol. The van der Waals surface area contributed by atoms with Gasteiger partial charge in [0.25, 0.3) is 17.5 Å². The number of amides is 2. The van der Waals surface area contributed by atoms with Crippen LogP contribution in [0.4, 0.5) is 11.4 Å². The van der Waals surface area contributed by atoms with Crippen molar-refractivity contribution in [2.45, 2.75) is 0 Å². The minimum absolute atomic E-state index is 0.0258. The van der Waals surface area contributed by atoms with E-state index in [9.17, 15) is 29.9 Å². The maximum atomic E-state index is 12.7. The third kappa shape index (κ3) is 5.14. The number of rotatable bonds is 4. The number of thioether (sulfide) groups is 1. The second-order valence-corrected chi connectivity index (χ2v) is 8.04. The van der Waals surface area contributed by atoms with Gasteiger partial charge in [-0.25, -0.2) is 0 Å². The van der Waals surface area contributed by atoms with E-state index in [0.717, 1.165) is 35.0 Å². The van der Waals surface area contributed by atoms with Crippen LogP contribution in [0.2, 0.25) is 0 Å². The average molecular weight is 477 g/mol. The number of hydrogen-bond donors (Lipinski definition) is 4. The summed E-state index contributed by atoms with van der Waals surface area (Å²) in [5, 5.41) is 33.5. The Labute approximate surface area is 189 Å². The molecule has 10 nitrogen and oxygen atoms in total. The first-order valence-corrected chi connectivity index (χ1v) is 9.95. The number of phenolic OH excluding ortho intramolecular Hbond substituents is 2. The van der Waals surface area contributed by atoms with Crippen LogP contribution in [0.15, 0.2) is 47.4 Å². The van der Waals surface area contributed by atoms with Crippen LogP contribution in [-0.2, 0) is 9.59 Å². The lowest BCUT2D eigenvalue weighted by atomic mass is 10.1. The molecule has 0 radical (unpaired) electrons. The van der Waals surface area contributed by atoms with E-state index in [1.54, 1.807) is 0 Å². The highest BCUT2D eigenvalue weighted by molar-refractivity contribution is 8.26. The van der Waals surface area contributed by atoms with E-state index in [2.05, 4.69) is 10.7 Å². The molecule has 31 heavy (non-hydrogen) atoms. The zero-order chi connectivity index (χ0) is 22.7. The first kappa shape index (κ1) is 22.1. The lowest BCUT2D eigenvalue weighted by molar-refractivity contribution is -0.384. The molecule has 4 N–H and O–H groups in total. The van der Waals surface area contributed by atoms with Crippen molar-refractivity contribution < 1.29 is 24.7 Å². The topological polar surface area (TPSA) is 145 Å². The SMILES string of the molecule is O=C(Nc1ccc(O)cc1)C(=S)NN1C(=O)/C(=C\c2cc([N+](=O)[O-])ccc2O)SC1=S. The minimum atomic E-state index is -0.713. The molecule has 2 aromatic rings. The van der Waals surface area contributed by atoms with Crippen LogP contribution in [0, 0.1) is 10.1 Å². The molecule has 1 saturated heterocycles. The molecule has 2 amide bonds. The fraction of sp³-hybridized carbons (Fsp3) is 0. The summed E-state index contributed by atoms with van der Waals surface area (Å²) in [5.74, 6) is -1.60. The maximum Gasteiger partial charge on any atom is 0.285 e. The number of hydrazine groups is 1. The molecule has 158 valence electrons. The number of non-ortho nitro benzene ring substituents is 1. The summed E-state index contributed by atoms with van der Waals surface area (Å²) in [6.45, 7) is 0. The monoisotopic (exact) mass is 476 g/mol. The van der Waals surface area contributed by atoms with Gasteiger partial charge in [0, 0.05) is 23.4 Å². The standard InChI is InChI=1S/C18H12N4O6S3/c23-12-4-1-10(2-5-12)19-15(25)16(29)20-21-17(26)14(31-18(21)30)8-9-7-11(22(27)28)3-6-13(9)24/h1-8,23-24H,(H,19,25)(H,20,29)/b14-8+. The molecular formula is C18H12N4O6S3. The predicted octanol–water partition coefficient (Wildman–Crippen LogP) is 2.68. The molecule has 0 aliphatic carbocycles. The first-order chi connectivity index (χ1) is 14.7. The van der Waals surface area contributed by atoms with Crippen molar-refractivity contribution in [1.29, 1.82) is 0 Å². The Kier molecular flexibility index (Phi) is 6.48. The van der Waals surface area contributed by atoms with Gasteiger partial charge >= 0.3 is 0 Å². The second-order valence-electron chi connectivity index (χ2n) is 5.96. The van der Waals surface area contributed by atoms with Gasteiger partial charge in [-0.15, -0.1) is 0 Å². The summed E-state index contributed by atoms with van der Waals surface area (Å²) >= 11 is 11.0. The average Bonchev–Trinajstić information content (AvgIpc) is 2.98. The molecule has 0 atom stereocenters. The number of nitro benzene ring substituents is 1. The molecule has 0 spiro atoms. The number of nitro groups is 1. The molecule has 0 aromatic heterocycles. The maximum absolute atomic E-state index is 12.7. The lowest BCUT2D eigenvalue weighted by Crippen LogP contribution is -2.48. The Balaban J connectivity index is 1.73. The minimum Gasteiger partial charge on any atom is -0.508 e. The van der Waals surface area contributed by atoms with E-state index in [1.165, 1.54) is 30.3 Å². The highest BCUT2D eigenvalue weighted by atomic mass is 32.2. The number of thiocarbonyl (C=S) groups is 2. The summed E-state index contributed by atoms with van der Waals surface area (Å²) in [5.41, 5.74) is 2.62. The van der Waals surface area contributed by atoms with Crippen molar-refractivity contribution in [2.24, 2.45) is 0 Å². The quantitative estimate of drug-likeness (QED) is 0.171. The van der Waals surface area contributed by atoms with Crippen LogP contribution >= 0.6 is 36.2 Å². The zero-order valence-electron chi connectivity index (χ0n) is 15.3. The Bertz CT molecular complexity index is 1150. The van der Waals surface area contributed by atoms with E-state index < -0.39 is 16.7 Å². The van der Waals surface area contributed by atoms with Crippen LogP contribution in [0.5, 0.6) is 11.5 Å². The number of benzene rings is 2. The number of aromatic hydroxyl groups is 2. The van der Waals surface area contributed by atoms with E-state index >= 15 is 0 Å². The molecule has 1 heterocycles. The number of anilines is 1. The van der Waals surface area contributed by atoms with Gasteiger partial charge in [0.2, 0.25) is 0 Å². The van der Waals surface area contributed by atoms with Crippen LogP contribution < -0.4 is 10.7 Å². The normalized spacial score (nSPS) is 14.6. The summed E-state index contributed by atoms with van der Waals surface area (Å²) in [6, 6.07) is 9.07. The van der Waals surface area contributed by atoms with Crippen molar-refractivity contribution in [2.75, 3.05) is 5.32 Å². The third-order valence-electron chi connectivity index (χ3n) is 3.85. The van der Waals surface area contributed by atoms with Gasteiger partial charge in [0.15, 0.2) is 9.31 Å². The molecule has 1 aliphatic heterocycles. The summed E-state index contributed by atoms with van der Waals surface area (Å²) in [6.07, 6.45) is 1.25. The van der Waals surface area contributed by atoms with Crippen molar-refractivity contribution in [1.82, 2.24) is 10.4 Å². The Morgan fingerprint density at radius 3 is 2.52 bits per heavy atom. The smallest absolute Gasteiger partial charge is 0.285 e. The molecule has 3 rings (SSSR count). The number of nitrogens with zero attached hydrogens (tertiary/aromatic N) is 2. The van der Waals surface area contributed by atoms with Gasteiger partial charge in [-0.1, -0.05) is 24.0 Å². The molecule has 1 aliphatic rings. The van der Waals surface area contributed by atoms with Gasteiger partial charge in [0.1, 0.15) is 11.5 Å². The van der Waals surface area contributed by atoms with Crippen LogP contribution in [-0.4, -0.2) is 41.3 Å². The first-order valence-electron chi connectivity index (χ1n) is 8.32. The van der Waals surface area contributed by atoms with Crippen molar-refractivity contribution in [3.8, 4) is 11.5 Å².